The lowest BCUT2D eigenvalue weighted by atomic mass is 10.1. The van der Waals surface area contributed by atoms with Gasteiger partial charge in [-0.2, -0.15) is 0 Å². The Bertz CT molecular complexity index is 975. The predicted octanol–water partition coefficient (Wildman–Crippen LogP) is 3.60. The highest BCUT2D eigenvalue weighted by molar-refractivity contribution is 7.46. The van der Waals surface area contributed by atoms with E-state index in [4.69, 9.17) is 47.2 Å². The lowest BCUT2D eigenvalue weighted by Crippen LogP contribution is -2.32. The first-order valence-electron chi connectivity index (χ1n) is 8.89. The molecule has 1 fully saturated rings. The SMILES string of the molecule is O=C(OC[C@H]1O[C@@H](OP(=O)(O)O)C[C@@H]1OC(=O)c1ccc(Cl)cc1)c1ccc(Cl)cc1. The second-order valence-corrected chi connectivity index (χ2v) is 8.56. The number of carbonyl (C=O) groups excluding carboxylic acids is 2. The Morgan fingerprint density at radius 1 is 0.968 bits per heavy atom. The van der Waals surface area contributed by atoms with Crippen LogP contribution in [0.5, 0.6) is 0 Å². The van der Waals surface area contributed by atoms with Crippen molar-refractivity contribution >= 4 is 43.0 Å². The van der Waals surface area contributed by atoms with Crippen molar-refractivity contribution in [3.8, 4) is 0 Å². The van der Waals surface area contributed by atoms with E-state index in [2.05, 4.69) is 4.52 Å². The van der Waals surface area contributed by atoms with Crippen LogP contribution in [0.3, 0.4) is 0 Å². The van der Waals surface area contributed by atoms with E-state index in [1.807, 2.05) is 0 Å². The summed E-state index contributed by atoms with van der Waals surface area (Å²) in [6, 6.07) is 11.9. The molecule has 2 N–H and O–H groups in total. The van der Waals surface area contributed by atoms with E-state index in [-0.39, 0.29) is 24.2 Å². The molecule has 31 heavy (non-hydrogen) atoms. The molecule has 2 aromatic carbocycles. The fourth-order valence-electron chi connectivity index (χ4n) is 2.79. The molecule has 0 unspecified atom stereocenters. The van der Waals surface area contributed by atoms with Crippen LogP contribution in [0.4, 0.5) is 0 Å². The Balaban J connectivity index is 1.67. The van der Waals surface area contributed by atoms with Crippen LogP contribution in [0.15, 0.2) is 48.5 Å². The topological polar surface area (TPSA) is 129 Å². The highest BCUT2D eigenvalue weighted by Crippen LogP contribution is 2.41. The lowest BCUT2D eigenvalue weighted by molar-refractivity contribution is -0.105. The normalized spacial score (nSPS) is 21.0. The Morgan fingerprint density at radius 3 is 2.00 bits per heavy atom. The summed E-state index contributed by atoms with van der Waals surface area (Å²) in [5, 5.41) is 0.880. The van der Waals surface area contributed by atoms with Crippen LogP contribution in [0, 0.1) is 0 Å². The van der Waals surface area contributed by atoms with Gasteiger partial charge in [-0.15, -0.1) is 0 Å². The lowest BCUT2D eigenvalue weighted by Gasteiger charge is -2.19. The number of benzene rings is 2. The summed E-state index contributed by atoms with van der Waals surface area (Å²) >= 11 is 11.6. The van der Waals surface area contributed by atoms with Crippen molar-refractivity contribution in [2.24, 2.45) is 0 Å². The molecule has 3 atom stereocenters. The summed E-state index contributed by atoms with van der Waals surface area (Å²) in [7, 11) is -4.86. The fourth-order valence-corrected chi connectivity index (χ4v) is 3.48. The molecule has 1 saturated heterocycles. The van der Waals surface area contributed by atoms with Crippen LogP contribution in [0.1, 0.15) is 27.1 Å². The number of phosphoric acid groups is 1. The van der Waals surface area contributed by atoms with Crippen molar-refractivity contribution in [1.82, 2.24) is 0 Å². The summed E-state index contributed by atoms with van der Waals surface area (Å²) in [4.78, 5) is 42.7. The van der Waals surface area contributed by atoms with Crippen molar-refractivity contribution in [2.75, 3.05) is 6.61 Å². The molecule has 0 amide bonds. The molecule has 0 saturated carbocycles. The highest BCUT2D eigenvalue weighted by Gasteiger charge is 2.42. The molecule has 0 radical (unpaired) electrons. The Kier molecular flexibility index (Phi) is 7.72. The first-order valence-corrected chi connectivity index (χ1v) is 11.2. The summed E-state index contributed by atoms with van der Waals surface area (Å²) < 4.78 is 31.7. The second-order valence-electron chi connectivity index (χ2n) is 6.49. The van der Waals surface area contributed by atoms with Crippen molar-refractivity contribution in [1.29, 1.82) is 0 Å². The largest absolute Gasteiger partial charge is 0.471 e. The van der Waals surface area contributed by atoms with Crippen molar-refractivity contribution in [2.45, 2.75) is 24.9 Å². The standard InChI is InChI=1S/C19H17Cl2O9P/c20-13-5-1-11(2-6-13)18(22)27-10-16-15(9-17(28-16)30-31(24,25)26)29-19(23)12-3-7-14(21)8-4-12/h1-8,15-17H,9-10H2,(H2,24,25,26)/t15-,16+,17-/m0/s1. The van der Waals surface area contributed by atoms with Gasteiger partial charge in [-0.05, 0) is 48.5 Å². The quantitative estimate of drug-likeness (QED) is 0.441. The van der Waals surface area contributed by atoms with Gasteiger partial charge in [0, 0.05) is 16.5 Å². The molecule has 1 aliphatic heterocycles. The molecule has 2 aromatic rings. The minimum absolute atomic E-state index is 0.173. The van der Waals surface area contributed by atoms with Gasteiger partial charge in [0.15, 0.2) is 6.29 Å². The molecule has 3 rings (SSSR count). The Morgan fingerprint density at radius 2 is 1.48 bits per heavy atom. The first kappa shape index (κ1) is 23.7. The minimum atomic E-state index is -4.86. The van der Waals surface area contributed by atoms with Gasteiger partial charge in [0.2, 0.25) is 0 Å². The molecular weight excluding hydrogens is 474 g/mol. The summed E-state index contributed by atoms with van der Waals surface area (Å²) in [6.45, 7) is -0.346. The average Bonchev–Trinajstić information content (AvgIpc) is 3.06. The minimum Gasteiger partial charge on any atom is -0.459 e. The molecular formula is C19H17Cl2O9P. The molecule has 9 nitrogen and oxygen atoms in total. The Hall–Kier alpha value is -1.97. The van der Waals surface area contributed by atoms with Gasteiger partial charge in [0.1, 0.15) is 18.8 Å². The van der Waals surface area contributed by atoms with Crippen molar-refractivity contribution in [3.63, 3.8) is 0 Å². The third kappa shape index (κ3) is 7.02. The second kappa shape index (κ2) is 10.1. The van der Waals surface area contributed by atoms with E-state index in [0.29, 0.717) is 10.0 Å². The molecule has 166 valence electrons. The zero-order valence-corrected chi connectivity index (χ0v) is 18.1. The van der Waals surface area contributed by atoms with Gasteiger partial charge >= 0.3 is 19.8 Å². The van der Waals surface area contributed by atoms with Crippen LogP contribution in [0.2, 0.25) is 10.0 Å². The molecule has 12 heteroatoms. The van der Waals surface area contributed by atoms with E-state index in [1.165, 1.54) is 48.5 Å². The number of halogens is 2. The van der Waals surface area contributed by atoms with Crippen LogP contribution >= 0.6 is 31.0 Å². The smallest absolute Gasteiger partial charge is 0.459 e. The highest BCUT2D eigenvalue weighted by atomic mass is 35.5. The Labute approximate surface area is 187 Å². The number of esters is 2. The molecule has 1 aliphatic rings. The fraction of sp³-hybridized carbons (Fsp3) is 0.263. The number of carbonyl (C=O) groups is 2. The maximum Gasteiger partial charge on any atom is 0.471 e. The van der Waals surface area contributed by atoms with Gasteiger partial charge in [0.25, 0.3) is 0 Å². The molecule has 0 bridgehead atoms. The number of hydrogen-bond acceptors (Lipinski definition) is 7. The van der Waals surface area contributed by atoms with Gasteiger partial charge in [-0.3, -0.25) is 4.52 Å². The summed E-state index contributed by atoms with van der Waals surface area (Å²) in [5.41, 5.74) is 0.445. The van der Waals surface area contributed by atoms with Crippen LogP contribution in [0.25, 0.3) is 0 Å². The molecule has 0 aliphatic carbocycles. The zero-order chi connectivity index (χ0) is 22.6. The van der Waals surface area contributed by atoms with Crippen molar-refractivity contribution in [3.05, 3.63) is 69.7 Å². The third-order valence-electron chi connectivity index (χ3n) is 4.22. The van der Waals surface area contributed by atoms with Gasteiger partial charge in [0.05, 0.1) is 11.1 Å². The van der Waals surface area contributed by atoms with Gasteiger partial charge in [-0.25, -0.2) is 14.2 Å². The van der Waals surface area contributed by atoms with Crippen LogP contribution < -0.4 is 0 Å². The maximum atomic E-state index is 12.4. The van der Waals surface area contributed by atoms with Gasteiger partial charge in [-0.1, -0.05) is 23.2 Å². The molecule has 1 heterocycles. The molecule has 0 aromatic heterocycles. The van der Waals surface area contributed by atoms with Crippen LogP contribution in [-0.4, -0.2) is 46.8 Å². The maximum absolute atomic E-state index is 12.4. The van der Waals surface area contributed by atoms with E-state index >= 15 is 0 Å². The third-order valence-corrected chi connectivity index (χ3v) is 5.23. The van der Waals surface area contributed by atoms with E-state index < -0.39 is 38.3 Å². The summed E-state index contributed by atoms with van der Waals surface area (Å²) in [5.74, 6) is -1.39. The predicted molar refractivity (Wildman–Crippen MR) is 109 cm³/mol. The number of phosphoric ester groups is 1. The van der Waals surface area contributed by atoms with Crippen LogP contribution in [-0.2, 0) is 23.3 Å². The van der Waals surface area contributed by atoms with E-state index in [9.17, 15) is 14.2 Å². The number of rotatable bonds is 7. The van der Waals surface area contributed by atoms with Gasteiger partial charge < -0.3 is 24.0 Å². The number of ether oxygens (including phenoxy) is 3. The number of hydrogen-bond donors (Lipinski definition) is 2. The monoisotopic (exact) mass is 490 g/mol. The van der Waals surface area contributed by atoms with E-state index in [1.54, 1.807) is 0 Å². The van der Waals surface area contributed by atoms with Crippen molar-refractivity contribution < 1.29 is 42.7 Å². The molecule has 0 spiro atoms. The summed E-state index contributed by atoms with van der Waals surface area (Å²) in [6.07, 6.45) is -3.53. The average molecular weight is 491 g/mol. The van der Waals surface area contributed by atoms with E-state index in [0.717, 1.165) is 0 Å². The first-order chi connectivity index (χ1) is 14.6. The zero-order valence-electron chi connectivity index (χ0n) is 15.7.